The molecule has 1 N–H and O–H groups in total. The van der Waals surface area contributed by atoms with Crippen LogP contribution in [0, 0.1) is 0 Å². The molecule has 0 aromatic heterocycles. The van der Waals surface area contributed by atoms with Crippen molar-refractivity contribution in [1.82, 2.24) is 0 Å². The fraction of sp³-hybridized carbons (Fsp3) is 0.357. The zero-order chi connectivity index (χ0) is 24.1. The van der Waals surface area contributed by atoms with Gasteiger partial charge >= 0.3 is 5.97 Å². The molecule has 33 heavy (non-hydrogen) atoms. The molecule has 0 aliphatic heterocycles. The summed E-state index contributed by atoms with van der Waals surface area (Å²) in [5, 5.41) is 8.97. The summed E-state index contributed by atoms with van der Waals surface area (Å²) in [7, 11) is 0. The van der Waals surface area contributed by atoms with Gasteiger partial charge in [0.1, 0.15) is 18.1 Å². The average molecular weight is 451 g/mol. The molecule has 0 aliphatic rings. The molecule has 176 valence electrons. The first-order valence-corrected chi connectivity index (χ1v) is 11.4. The molecule has 5 heteroatoms. The lowest BCUT2D eigenvalue weighted by atomic mass is 10.0. The fourth-order valence-corrected chi connectivity index (χ4v) is 3.17. The van der Waals surface area contributed by atoms with E-state index in [1.807, 2.05) is 32.1 Å². The minimum atomic E-state index is -1.12. The molecule has 2 rings (SSSR count). The molecule has 0 fully saturated rings. The highest BCUT2D eigenvalue weighted by Gasteiger charge is 2.13. The van der Waals surface area contributed by atoms with Gasteiger partial charge in [0.05, 0.1) is 5.56 Å². The summed E-state index contributed by atoms with van der Waals surface area (Å²) in [5.74, 6) is -0.698. The summed E-state index contributed by atoms with van der Waals surface area (Å²) < 4.78 is 11.0. The number of aryl methyl sites for hydroxylation is 1. The van der Waals surface area contributed by atoms with Crippen molar-refractivity contribution in [3.05, 3.63) is 76.9 Å². The molecule has 0 radical (unpaired) electrons. The van der Waals surface area contributed by atoms with Crippen molar-refractivity contribution in [3.63, 3.8) is 0 Å². The van der Waals surface area contributed by atoms with Gasteiger partial charge in [-0.05, 0) is 62.1 Å². The van der Waals surface area contributed by atoms with Gasteiger partial charge in [0.25, 0.3) is 0 Å². The zero-order valence-corrected chi connectivity index (χ0v) is 19.8. The van der Waals surface area contributed by atoms with Gasteiger partial charge in [-0.25, -0.2) is 4.79 Å². The number of ketones is 1. The zero-order valence-electron chi connectivity index (χ0n) is 19.8. The summed E-state index contributed by atoms with van der Waals surface area (Å²) in [6, 6.07) is 13.0. The highest BCUT2D eigenvalue weighted by atomic mass is 16.5. The predicted octanol–water partition coefficient (Wildman–Crippen LogP) is 6.51. The van der Waals surface area contributed by atoms with Gasteiger partial charge in [-0.3, -0.25) is 4.79 Å². The number of carbonyl (C=O) groups is 2. The highest BCUT2D eigenvalue weighted by molar-refractivity contribution is 6.08. The molecular weight excluding hydrogens is 416 g/mol. The molecule has 2 aromatic carbocycles. The van der Waals surface area contributed by atoms with Crippen molar-refractivity contribution in [3.8, 4) is 11.5 Å². The Hall–Kier alpha value is -3.34. The predicted molar refractivity (Wildman–Crippen MR) is 132 cm³/mol. The van der Waals surface area contributed by atoms with Gasteiger partial charge < -0.3 is 14.6 Å². The Morgan fingerprint density at radius 1 is 0.970 bits per heavy atom. The minimum Gasteiger partial charge on any atom is -0.489 e. The summed E-state index contributed by atoms with van der Waals surface area (Å²) in [4.78, 5) is 23.8. The third-order valence-corrected chi connectivity index (χ3v) is 5.04. The van der Waals surface area contributed by atoms with Gasteiger partial charge in [0, 0.05) is 6.07 Å². The quantitative estimate of drug-likeness (QED) is 0.154. The van der Waals surface area contributed by atoms with Gasteiger partial charge in [0.2, 0.25) is 0 Å². The van der Waals surface area contributed by atoms with Crippen LogP contribution in [0.25, 0.3) is 6.08 Å². The van der Waals surface area contributed by atoms with Crippen LogP contribution in [0.4, 0.5) is 0 Å². The van der Waals surface area contributed by atoms with Crippen molar-refractivity contribution in [2.75, 3.05) is 13.2 Å². The molecule has 0 unspecified atom stereocenters. The van der Waals surface area contributed by atoms with Crippen molar-refractivity contribution in [2.24, 2.45) is 0 Å². The van der Waals surface area contributed by atoms with E-state index in [1.54, 1.807) is 24.3 Å². The van der Waals surface area contributed by atoms with E-state index >= 15 is 0 Å². The smallest absolute Gasteiger partial charge is 0.341 e. The number of hydrogen-bond donors (Lipinski definition) is 1. The number of carboxylic acid groups (broad SMARTS) is 1. The summed E-state index contributed by atoms with van der Waals surface area (Å²) >= 11 is 0. The van der Waals surface area contributed by atoms with Crippen LogP contribution >= 0.6 is 0 Å². The van der Waals surface area contributed by atoms with Crippen molar-refractivity contribution >= 4 is 17.8 Å². The van der Waals surface area contributed by atoms with E-state index in [1.165, 1.54) is 37.3 Å². The Kier molecular flexibility index (Phi) is 10.9. The Balaban J connectivity index is 2.08. The lowest BCUT2D eigenvalue weighted by Gasteiger charge is -2.11. The second-order valence-corrected chi connectivity index (χ2v) is 8.18. The molecule has 0 spiro atoms. The first-order valence-electron chi connectivity index (χ1n) is 11.4. The third-order valence-electron chi connectivity index (χ3n) is 5.04. The van der Waals surface area contributed by atoms with E-state index in [0.29, 0.717) is 12.4 Å². The third kappa shape index (κ3) is 9.77. The second-order valence-electron chi connectivity index (χ2n) is 8.18. The average Bonchev–Trinajstić information content (AvgIpc) is 2.79. The monoisotopic (exact) mass is 450 g/mol. The molecule has 0 saturated carbocycles. The number of carbonyl (C=O) groups excluding carboxylic acids is 1. The molecule has 0 bridgehead atoms. The Labute approximate surface area is 196 Å². The maximum absolute atomic E-state index is 12.8. The van der Waals surface area contributed by atoms with E-state index in [-0.39, 0.29) is 17.1 Å². The standard InChI is InChI=1S/C28H34O5/c1-4-5-6-7-8-22-9-11-23(12-10-22)13-16-26(29)25-15-14-24(32-18-17-21(2)3)19-27(25)33-20-28(30)31/h9-17,19H,4-8,18,20H2,1-3H3,(H,30,31). The molecule has 0 amide bonds. The number of rotatable bonds is 14. The molecule has 0 aliphatic carbocycles. The van der Waals surface area contributed by atoms with Gasteiger partial charge in [0.15, 0.2) is 12.4 Å². The number of hydrogen-bond acceptors (Lipinski definition) is 4. The largest absolute Gasteiger partial charge is 0.489 e. The summed E-state index contributed by atoms with van der Waals surface area (Å²) in [5.41, 5.74) is 3.63. The molecule has 5 nitrogen and oxygen atoms in total. The Morgan fingerprint density at radius 3 is 2.39 bits per heavy atom. The lowest BCUT2D eigenvalue weighted by Crippen LogP contribution is -2.12. The van der Waals surface area contributed by atoms with Crippen LogP contribution in [0.5, 0.6) is 11.5 Å². The fourth-order valence-electron chi connectivity index (χ4n) is 3.17. The molecule has 2 aromatic rings. The molecular formula is C28H34O5. The first-order chi connectivity index (χ1) is 15.9. The van der Waals surface area contributed by atoms with Crippen LogP contribution in [0.3, 0.4) is 0 Å². The van der Waals surface area contributed by atoms with Crippen LogP contribution in [0.1, 0.15) is 67.9 Å². The van der Waals surface area contributed by atoms with Crippen molar-refractivity contribution in [1.29, 1.82) is 0 Å². The Morgan fingerprint density at radius 2 is 1.73 bits per heavy atom. The van der Waals surface area contributed by atoms with Gasteiger partial charge in [-0.2, -0.15) is 0 Å². The van der Waals surface area contributed by atoms with E-state index in [4.69, 9.17) is 14.6 Å². The van der Waals surface area contributed by atoms with Crippen LogP contribution in [-0.2, 0) is 11.2 Å². The summed E-state index contributed by atoms with van der Waals surface area (Å²) in [6.07, 6.45) is 11.2. The van der Waals surface area contributed by atoms with Crippen LogP contribution in [0.15, 0.2) is 60.2 Å². The topological polar surface area (TPSA) is 72.8 Å². The van der Waals surface area contributed by atoms with Crippen LogP contribution < -0.4 is 9.47 Å². The summed E-state index contributed by atoms with van der Waals surface area (Å²) in [6.45, 7) is 5.99. The number of unbranched alkanes of at least 4 members (excludes halogenated alkanes) is 3. The molecule has 0 saturated heterocycles. The van der Waals surface area contributed by atoms with Crippen molar-refractivity contribution < 1.29 is 24.2 Å². The maximum atomic E-state index is 12.8. The van der Waals surface area contributed by atoms with E-state index in [9.17, 15) is 9.59 Å². The minimum absolute atomic E-state index is 0.184. The number of carboxylic acids is 1. The molecule has 0 heterocycles. The SMILES string of the molecule is CCCCCCc1ccc(C=CC(=O)c2ccc(OCC=C(C)C)cc2OCC(=O)O)cc1. The van der Waals surface area contributed by atoms with Crippen LogP contribution in [-0.4, -0.2) is 30.1 Å². The molecule has 0 atom stereocenters. The van der Waals surface area contributed by atoms with Crippen LogP contribution in [0.2, 0.25) is 0 Å². The maximum Gasteiger partial charge on any atom is 0.341 e. The number of allylic oxidation sites excluding steroid dienone is 2. The first kappa shape index (κ1) is 25.9. The number of benzene rings is 2. The van der Waals surface area contributed by atoms with Gasteiger partial charge in [-0.1, -0.05) is 62.1 Å². The van der Waals surface area contributed by atoms with Gasteiger partial charge in [-0.15, -0.1) is 0 Å². The highest BCUT2D eigenvalue weighted by Crippen LogP contribution is 2.26. The van der Waals surface area contributed by atoms with E-state index in [0.717, 1.165) is 17.6 Å². The Bertz CT molecular complexity index is 966. The second kappa shape index (κ2) is 13.9. The number of ether oxygens (including phenoxy) is 2. The van der Waals surface area contributed by atoms with E-state index in [2.05, 4.69) is 19.1 Å². The number of aliphatic carboxylic acids is 1. The normalized spacial score (nSPS) is 10.8. The van der Waals surface area contributed by atoms with Crippen molar-refractivity contribution in [2.45, 2.75) is 52.9 Å². The van der Waals surface area contributed by atoms with E-state index < -0.39 is 12.6 Å². The lowest BCUT2D eigenvalue weighted by molar-refractivity contribution is -0.139.